The number of hydrogen-bond acceptors (Lipinski definition) is 6. The highest BCUT2D eigenvalue weighted by atomic mass is 35.5. The molecule has 0 aliphatic heterocycles. The Balaban J connectivity index is 2.65. The van der Waals surface area contributed by atoms with Crippen LogP contribution in [-0.2, 0) is 11.3 Å². The molecular formula is C9H13ClN4O4. The van der Waals surface area contributed by atoms with Gasteiger partial charge in [-0.25, -0.2) is 9.48 Å². The van der Waals surface area contributed by atoms with E-state index in [1.54, 1.807) is 0 Å². The number of carbonyl (C=O) groups is 1. The Hall–Kier alpha value is -1.80. The third-order valence-electron chi connectivity index (χ3n) is 1.96. The number of nitrogens with two attached hydrogens (primary N) is 1. The summed E-state index contributed by atoms with van der Waals surface area (Å²) in [5.74, 6) is 0. The van der Waals surface area contributed by atoms with E-state index in [9.17, 15) is 9.59 Å². The Kier molecular flexibility index (Phi) is 5.40. The lowest BCUT2D eigenvalue weighted by Gasteiger charge is -2.09. The first-order chi connectivity index (χ1) is 8.56. The topological polar surface area (TPSA) is 119 Å². The fraction of sp³-hybridized carbons (Fsp3) is 0.444. The number of carbonyl (C=O) groups excluding carboxylic acids is 1. The zero-order valence-electron chi connectivity index (χ0n) is 9.43. The number of rotatable bonds is 6. The van der Waals surface area contributed by atoms with Gasteiger partial charge in [-0.1, -0.05) is 11.6 Å². The van der Waals surface area contributed by atoms with Crippen LogP contribution in [0.3, 0.4) is 0 Å². The van der Waals surface area contributed by atoms with Crippen molar-refractivity contribution in [3.8, 4) is 0 Å². The van der Waals surface area contributed by atoms with Crippen LogP contribution in [0.5, 0.6) is 0 Å². The van der Waals surface area contributed by atoms with Gasteiger partial charge in [0, 0.05) is 6.54 Å². The van der Waals surface area contributed by atoms with E-state index in [-0.39, 0.29) is 31.3 Å². The molecule has 0 unspecified atom stereocenters. The minimum Gasteiger partial charge on any atom is -0.448 e. The summed E-state index contributed by atoms with van der Waals surface area (Å²) >= 11 is 5.83. The monoisotopic (exact) mass is 276 g/mol. The summed E-state index contributed by atoms with van der Waals surface area (Å²) in [7, 11) is 0. The zero-order valence-corrected chi connectivity index (χ0v) is 10.2. The van der Waals surface area contributed by atoms with Crippen LogP contribution >= 0.6 is 11.6 Å². The largest absolute Gasteiger partial charge is 0.448 e. The second-order valence-electron chi connectivity index (χ2n) is 3.22. The molecule has 100 valence electrons. The number of aliphatic hydroxyl groups excluding tert-OH is 1. The Morgan fingerprint density at radius 2 is 2.39 bits per heavy atom. The van der Waals surface area contributed by atoms with E-state index in [0.29, 0.717) is 5.69 Å². The molecule has 4 N–H and O–H groups in total. The van der Waals surface area contributed by atoms with Crippen LogP contribution in [0.4, 0.5) is 10.5 Å². The minimum absolute atomic E-state index is 0.0440. The van der Waals surface area contributed by atoms with Crippen molar-refractivity contribution in [2.45, 2.75) is 6.54 Å². The average Bonchev–Trinajstić information content (AvgIpc) is 2.33. The molecule has 0 aliphatic rings. The van der Waals surface area contributed by atoms with Gasteiger partial charge in [0.25, 0.3) is 5.56 Å². The number of hydrogen-bond donors (Lipinski definition) is 3. The SMILES string of the molecule is NC(=O)OCCNc1cnn(CCO)c(=O)c1Cl. The smallest absolute Gasteiger partial charge is 0.404 e. The molecule has 9 heteroatoms. The summed E-state index contributed by atoms with van der Waals surface area (Å²) in [5, 5.41) is 15.2. The van der Waals surface area contributed by atoms with Gasteiger partial charge in [0.15, 0.2) is 0 Å². The first-order valence-corrected chi connectivity index (χ1v) is 5.46. The lowest BCUT2D eigenvalue weighted by atomic mass is 10.4. The van der Waals surface area contributed by atoms with Crippen molar-refractivity contribution >= 4 is 23.4 Å². The molecule has 0 saturated carbocycles. The van der Waals surface area contributed by atoms with E-state index in [1.807, 2.05) is 0 Å². The van der Waals surface area contributed by atoms with E-state index >= 15 is 0 Å². The van der Waals surface area contributed by atoms with Gasteiger partial charge in [-0.2, -0.15) is 5.10 Å². The second-order valence-corrected chi connectivity index (χ2v) is 3.60. The highest BCUT2D eigenvalue weighted by Crippen LogP contribution is 2.14. The lowest BCUT2D eigenvalue weighted by Crippen LogP contribution is -2.26. The number of nitrogens with zero attached hydrogens (tertiary/aromatic N) is 2. The molecule has 0 aromatic carbocycles. The molecule has 1 amide bonds. The fourth-order valence-electron chi connectivity index (χ4n) is 1.18. The van der Waals surface area contributed by atoms with Crippen molar-refractivity contribution in [1.82, 2.24) is 9.78 Å². The van der Waals surface area contributed by atoms with Gasteiger partial charge in [0.2, 0.25) is 0 Å². The summed E-state index contributed by atoms with van der Waals surface area (Å²) in [6, 6.07) is 0. The predicted octanol–water partition coefficient (Wildman–Crippen LogP) is -0.604. The van der Waals surface area contributed by atoms with E-state index in [2.05, 4.69) is 15.2 Å². The maximum absolute atomic E-state index is 11.6. The van der Waals surface area contributed by atoms with Gasteiger partial charge in [-0.15, -0.1) is 0 Å². The Labute approximate surface area is 107 Å². The number of amides is 1. The van der Waals surface area contributed by atoms with Crippen molar-refractivity contribution in [2.24, 2.45) is 5.73 Å². The average molecular weight is 277 g/mol. The Morgan fingerprint density at radius 3 is 3.00 bits per heavy atom. The maximum atomic E-state index is 11.6. The summed E-state index contributed by atoms with van der Waals surface area (Å²) in [6.07, 6.45) is 0.475. The third kappa shape index (κ3) is 3.90. The highest BCUT2D eigenvalue weighted by molar-refractivity contribution is 6.32. The number of aromatic nitrogens is 2. The molecule has 18 heavy (non-hydrogen) atoms. The number of halogens is 1. The Morgan fingerprint density at radius 1 is 1.67 bits per heavy atom. The molecule has 0 bridgehead atoms. The molecule has 1 rings (SSSR count). The van der Waals surface area contributed by atoms with Gasteiger partial charge in [-0.3, -0.25) is 4.79 Å². The zero-order chi connectivity index (χ0) is 13.5. The number of ether oxygens (including phenoxy) is 1. The lowest BCUT2D eigenvalue weighted by molar-refractivity contribution is 0.161. The van der Waals surface area contributed by atoms with Gasteiger partial charge in [-0.05, 0) is 0 Å². The van der Waals surface area contributed by atoms with Crippen molar-refractivity contribution in [3.63, 3.8) is 0 Å². The molecule has 0 fully saturated rings. The molecule has 8 nitrogen and oxygen atoms in total. The van der Waals surface area contributed by atoms with Crippen molar-refractivity contribution in [1.29, 1.82) is 0 Å². The van der Waals surface area contributed by atoms with Crippen LogP contribution in [0.15, 0.2) is 11.0 Å². The van der Waals surface area contributed by atoms with E-state index in [0.717, 1.165) is 4.68 Å². The van der Waals surface area contributed by atoms with E-state index in [4.69, 9.17) is 22.4 Å². The second kappa shape index (κ2) is 6.82. The number of aliphatic hydroxyl groups is 1. The van der Waals surface area contributed by atoms with Gasteiger partial charge < -0.3 is 20.9 Å². The summed E-state index contributed by atoms with van der Waals surface area (Å²) < 4.78 is 5.54. The van der Waals surface area contributed by atoms with Gasteiger partial charge in [0.1, 0.15) is 11.6 Å². The van der Waals surface area contributed by atoms with E-state index < -0.39 is 11.7 Å². The third-order valence-corrected chi connectivity index (χ3v) is 2.32. The first-order valence-electron chi connectivity index (χ1n) is 5.09. The maximum Gasteiger partial charge on any atom is 0.404 e. The molecule has 1 aromatic heterocycles. The number of anilines is 1. The summed E-state index contributed by atoms with van der Waals surface area (Å²) in [5.41, 5.74) is 4.59. The van der Waals surface area contributed by atoms with Crippen molar-refractivity contribution < 1.29 is 14.6 Å². The molecule has 0 saturated heterocycles. The highest BCUT2D eigenvalue weighted by Gasteiger charge is 2.08. The molecular weight excluding hydrogens is 264 g/mol. The fourth-order valence-corrected chi connectivity index (χ4v) is 1.39. The molecule has 0 aliphatic carbocycles. The van der Waals surface area contributed by atoms with Crippen LogP contribution in [0, 0.1) is 0 Å². The van der Waals surface area contributed by atoms with Crippen LogP contribution in [0.2, 0.25) is 5.02 Å². The quantitative estimate of drug-likeness (QED) is 0.597. The van der Waals surface area contributed by atoms with Gasteiger partial charge >= 0.3 is 6.09 Å². The summed E-state index contributed by atoms with van der Waals surface area (Å²) in [4.78, 5) is 21.9. The standard InChI is InChI=1S/C9H13ClN4O4/c10-7-6(12-1-4-18-9(11)17)5-13-14(2-3-15)8(7)16/h5,12,15H,1-4H2,(H2,11,17). The van der Waals surface area contributed by atoms with Crippen molar-refractivity contribution in [2.75, 3.05) is 25.1 Å². The number of nitrogens with one attached hydrogen (secondary N) is 1. The molecule has 0 spiro atoms. The Bertz CT molecular complexity index is 476. The van der Waals surface area contributed by atoms with Crippen LogP contribution in [0.25, 0.3) is 0 Å². The molecule has 0 atom stereocenters. The van der Waals surface area contributed by atoms with E-state index in [1.165, 1.54) is 6.20 Å². The van der Waals surface area contributed by atoms with Crippen LogP contribution in [0.1, 0.15) is 0 Å². The molecule has 0 radical (unpaired) electrons. The van der Waals surface area contributed by atoms with Crippen molar-refractivity contribution in [3.05, 3.63) is 21.6 Å². The predicted molar refractivity (Wildman–Crippen MR) is 64.6 cm³/mol. The summed E-state index contributed by atoms with van der Waals surface area (Å²) in [6.45, 7) is 0.158. The first kappa shape index (κ1) is 14.3. The normalized spacial score (nSPS) is 10.1. The molecule has 1 heterocycles. The van der Waals surface area contributed by atoms with Crippen LogP contribution < -0.4 is 16.6 Å². The van der Waals surface area contributed by atoms with Crippen LogP contribution in [-0.4, -0.2) is 40.7 Å². The minimum atomic E-state index is -0.876. The number of primary amides is 1. The molecule has 1 aromatic rings. The van der Waals surface area contributed by atoms with Gasteiger partial charge in [0.05, 0.1) is 25.0 Å².